The van der Waals surface area contributed by atoms with Crippen LogP contribution in [0.15, 0.2) is 55.0 Å². The van der Waals surface area contributed by atoms with Crippen molar-refractivity contribution in [3.8, 4) is 11.5 Å². The number of nitrogens with one attached hydrogen (secondary N) is 2. The molecule has 2 N–H and O–H groups in total. The number of pyridine rings is 1. The normalized spacial score (nSPS) is 12.0. The molecule has 0 amide bonds. The van der Waals surface area contributed by atoms with E-state index in [-0.39, 0.29) is 6.79 Å². The van der Waals surface area contributed by atoms with Crippen molar-refractivity contribution < 1.29 is 9.47 Å². The average molecular weight is 321 g/mol. The summed E-state index contributed by atoms with van der Waals surface area (Å²) in [5.41, 5.74) is 1.97. The zero-order chi connectivity index (χ0) is 16.2. The lowest BCUT2D eigenvalue weighted by atomic mass is 10.3. The van der Waals surface area contributed by atoms with Crippen molar-refractivity contribution in [2.24, 2.45) is 0 Å². The Morgan fingerprint density at radius 2 is 1.83 bits per heavy atom. The summed E-state index contributed by atoms with van der Waals surface area (Å²) < 4.78 is 10.7. The summed E-state index contributed by atoms with van der Waals surface area (Å²) in [5.74, 6) is 2.71. The molecule has 0 saturated carbocycles. The van der Waals surface area contributed by atoms with E-state index >= 15 is 0 Å². The predicted octanol–water partition coefficient (Wildman–Crippen LogP) is 2.96. The lowest BCUT2D eigenvalue weighted by Gasteiger charge is -2.09. The second-order valence-electron chi connectivity index (χ2n) is 5.17. The summed E-state index contributed by atoms with van der Waals surface area (Å²) in [5, 5.41) is 6.43. The molecule has 0 radical (unpaired) electrons. The average Bonchev–Trinajstić information content (AvgIpc) is 3.09. The summed E-state index contributed by atoms with van der Waals surface area (Å²) in [6, 6.07) is 11.4. The van der Waals surface area contributed by atoms with Crippen molar-refractivity contribution in [3.63, 3.8) is 0 Å². The van der Waals surface area contributed by atoms with Crippen LogP contribution in [0.3, 0.4) is 0 Å². The number of anilines is 3. The Kier molecular flexibility index (Phi) is 3.81. The van der Waals surface area contributed by atoms with Crippen LogP contribution in [0.5, 0.6) is 11.5 Å². The first-order chi connectivity index (χ1) is 11.9. The molecule has 1 aliphatic heterocycles. The molecule has 7 heteroatoms. The number of hydrogen-bond acceptors (Lipinski definition) is 7. The minimum absolute atomic E-state index is 0.254. The van der Waals surface area contributed by atoms with Gasteiger partial charge in [0.2, 0.25) is 12.7 Å². The summed E-state index contributed by atoms with van der Waals surface area (Å²) >= 11 is 0. The molecule has 0 atom stereocenters. The highest BCUT2D eigenvalue weighted by atomic mass is 16.7. The highest BCUT2D eigenvalue weighted by Crippen LogP contribution is 2.34. The third-order valence-corrected chi connectivity index (χ3v) is 3.51. The van der Waals surface area contributed by atoms with Crippen LogP contribution in [-0.2, 0) is 6.54 Å². The molecule has 1 aliphatic rings. The first-order valence-corrected chi connectivity index (χ1v) is 7.49. The first-order valence-electron chi connectivity index (χ1n) is 7.49. The maximum absolute atomic E-state index is 5.37. The third-order valence-electron chi connectivity index (χ3n) is 3.51. The van der Waals surface area contributed by atoms with Gasteiger partial charge in [-0.1, -0.05) is 0 Å². The van der Waals surface area contributed by atoms with Crippen LogP contribution >= 0.6 is 0 Å². The number of nitrogens with zero attached hydrogens (tertiary/aromatic N) is 3. The molecule has 3 aromatic rings. The molecule has 0 spiro atoms. The van der Waals surface area contributed by atoms with Gasteiger partial charge in [-0.2, -0.15) is 4.98 Å². The molecule has 2 aromatic heterocycles. The van der Waals surface area contributed by atoms with Gasteiger partial charge >= 0.3 is 0 Å². The molecule has 1 aromatic carbocycles. The van der Waals surface area contributed by atoms with Gasteiger partial charge in [-0.25, -0.2) is 4.98 Å². The van der Waals surface area contributed by atoms with E-state index in [0.29, 0.717) is 18.2 Å². The van der Waals surface area contributed by atoms with Gasteiger partial charge in [-0.05, 0) is 35.9 Å². The van der Waals surface area contributed by atoms with Crippen LogP contribution < -0.4 is 20.1 Å². The standard InChI is InChI=1S/C17H15N5O2/c1-2-14-15(24-11-23-14)9-13(1)21-17-19-8-5-16(22-17)20-10-12-3-6-18-7-4-12/h1-9H,10-11H2,(H2,19,20,21,22). The first kappa shape index (κ1) is 14.3. The highest BCUT2D eigenvalue weighted by molar-refractivity contribution is 5.60. The van der Waals surface area contributed by atoms with Gasteiger partial charge in [0.05, 0.1) is 0 Å². The molecular weight excluding hydrogens is 306 g/mol. The molecule has 0 saturated heterocycles. The van der Waals surface area contributed by atoms with Crippen molar-refractivity contribution in [1.29, 1.82) is 0 Å². The second-order valence-corrected chi connectivity index (χ2v) is 5.17. The van der Waals surface area contributed by atoms with Gasteiger partial charge in [0.15, 0.2) is 11.5 Å². The van der Waals surface area contributed by atoms with Crippen molar-refractivity contribution in [2.45, 2.75) is 6.54 Å². The number of aromatic nitrogens is 3. The molecule has 0 aliphatic carbocycles. The smallest absolute Gasteiger partial charge is 0.231 e. The Balaban J connectivity index is 1.44. The van der Waals surface area contributed by atoms with Crippen LogP contribution in [0.25, 0.3) is 0 Å². The predicted molar refractivity (Wildman–Crippen MR) is 89.4 cm³/mol. The summed E-state index contributed by atoms with van der Waals surface area (Å²) in [6.45, 7) is 0.923. The molecule has 0 fully saturated rings. The molecule has 0 bridgehead atoms. The monoisotopic (exact) mass is 321 g/mol. The fourth-order valence-corrected chi connectivity index (χ4v) is 2.31. The number of ether oxygens (including phenoxy) is 2. The van der Waals surface area contributed by atoms with Crippen molar-refractivity contribution in [2.75, 3.05) is 17.4 Å². The number of rotatable bonds is 5. The van der Waals surface area contributed by atoms with Crippen molar-refractivity contribution >= 4 is 17.5 Å². The van der Waals surface area contributed by atoms with Crippen LogP contribution in [0, 0.1) is 0 Å². The molecule has 0 unspecified atom stereocenters. The van der Waals surface area contributed by atoms with Crippen LogP contribution in [0.1, 0.15) is 5.56 Å². The van der Waals surface area contributed by atoms with Gasteiger partial charge in [-0.3, -0.25) is 4.98 Å². The lowest BCUT2D eigenvalue weighted by molar-refractivity contribution is 0.174. The molecule has 4 rings (SSSR count). The molecule has 120 valence electrons. The minimum atomic E-state index is 0.254. The maximum Gasteiger partial charge on any atom is 0.231 e. The van der Waals surface area contributed by atoms with Crippen molar-refractivity contribution in [3.05, 3.63) is 60.6 Å². The molecule has 7 nitrogen and oxygen atoms in total. The van der Waals surface area contributed by atoms with E-state index in [1.54, 1.807) is 18.6 Å². The summed E-state index contributed by atoms with van der Waals surface area (Å²) in [7, 11) is 0. The lowest BCUT2D eigenvalue weighted by Crippen LogP contribution is -2.04. The van der Waals surface area contributed by atoms with E-state index in [1.165, 1.54) is 0 Å². The van der Waals surface area contributed by atoms with Crippen LogP contribution in [0.2, 0.25) is 0 Å². The zero-order valence-electron chi connectivity index (χ0n) is 12.8. The van der Waals surface area contributed by atoms with Crippen LogP contribution in [-0.4, -0.2) is 21.7 Å². The molecule has 24 heavy (non-hydrogen) atoms. The van der Waals surface area contributed by atoms with Gasteiger partial charge < -0.3 is 20.1 Å². The quantitative estimate of drug-likeness (QED) is 0.747. The third kappa shape index (κ3) is 3.19. The minimum Gasteiger partial charge on any atom is -0.454 e. The SMILES string of the molecule is c1cc(CNc2ccnc(Nc3ccc4c(c3)OCO4)n2)ccn1. The Bertz CT molecular complexity index is 841. The molecule has 3 heterocycles. The van der Waals surface area contributed by atoms with Gasteiger partial charge in [0.25, 0.3) is 0 Å². The fourth-order valence-electron chi connectivity index (χ4n) is 2.31. The van der Waals surface area contributed by atoms with E-state index in [2.05, 4.69) is 25.6 Å². The topological polar surface area (TPSA) is 81.2 Å². The van der Waals surface area contributed by atoms with E-state index in [9.17, 15) is 0 Å². The zero-order valence-corrected chi connectivity index (χ0v) is 12.8. The number of hydrogen-bond donors (Lipinski definition) is 2. The Morgan fingerprint density at radius 1 is 0.958 bits per heavy atom. The molecular formula is C17H15N5O2. The summed E-state index contributed by atoms with van der Waals surface area (Å²) in [6.07, 6.45) is 5.24. The van der Waals surface area contributed by atoms with Gasteiger partial charge in [0.1, 0.15) is 5.82 Å². The van der Waals surface area contributed by atoms with E-state index in [4.69, 9.17) is 9.47 Å². The van der Waals surface area contributed by atoms with Gasteiger partial charge in [-0.15, -0.1) is 0 Å². The maximum atomic E-state index is 5.37. The van der Waals surface area contributed by atoms with E-state index < -0.39 is 0 Å². The van der Waals surface area contributed by atoms with Crippen LogP contribution in [0.4, 0.5) is 17.5 Å². The Morgan fingerprint density at radius 3 is 2.75 bits per heavy atom. The number of fused-ring (bicyclic) bond motifs is 1. The van der Waals surface area contributed by atoms with E-state index in [1.807, 2.05) is 36.4 Å². The number of benzene rings is 1. The second kappa shape index (κ2) is 6.41. The fraction of sp³-hybridized carbons (Fsp3) is 0.118. The van der Waals surface area contributed by atoms with E-state index in [0.717, 1.165) is 22.8 Å². The Labute approximate surface area is 138 Å². The summed E-state index contributed by atoms with van der Waals surface area (Å²) in [4.78, 5) is 12.7. The highest BCUT2D eigenvalue weighted by Gasteiger charge is 2.13. The Hall–Kier alpha value is -3.35. The largest absolute Gasteiger partial charge is 0.454 e. The van der Waals surface area contributed by atoms with Crippen molar-refractivity contribution in [1.82, 2.24) is 15.0 Å². The van der Waals surface area contributed by atoms with Gasteiger partial charge in [0, 0.05) is 36.9 Å².